The zero-order valence-corrected chi connectivity index (χ0v) is 18.2. The number of aryl methyl sites for hydroxylation is 1. The van der Waals surface area contributed by atoms with Gasteiger partial charge in [-0.25, -0.2) is 0 Å². The SMILES string of the molecule is CC(=O)O[C@@H]1[C@@H](OC(C)=O)[C@@H](O)O[C@@H](COS(=O)(=O)c2ccc(C)cc2)[C@H]1OC(C)=O. The Bertz CT molecular complexity index is 909. The molecule has 0 unspecified atom stereocenters. The maximum absolute atomic E-state index is 12.5. The van der Waals surface area contributed by atoms with Gasteiger partial charge in [-0.1, -0.05) is 17.7 Å². The maximum Gasteiger partial charge on any atom is 0.303 e. The number of esters is 3. The summed E-state index contributed by atoms with van der Waals surface area (Å²) < 4.78 is 50.5. The van der Waals surface area contributed by atoms with Gasteiger partial charge in [-0.15, -0.1) is 0 Å². The minimum absolute atomic E-state index is 0.118. The van der Waals surface area contributed by atoms with E-state index in [9.17, 15) is 27.9 Å². The quantitative estimate of drug-likeness (QED) is 0.338. The number of aliphatic hydroxyl groups excluding tert-OH is 1. The summed E-state index contributed by atoms with van der Waals surface area (Å²) in [5, 5.41) is 10.3. The van der Waals surface area contributed by atoms with Gasteiger partial charge in [0.25, 0.3) is 10.1 Å². The summed E-state index contributed by atoms with van der Waals surface area (Å²) in [5.74, 6) is -2.45. The van der Waals surface area contributed by atoms with Crippen molar-refractivity contribution in [1.82, 2.24) is 0 Å². The first kappa shape index (κ1) is 24.7. The molecule has 0 bridgehead atoms. The van der Waals surface area contributed by atoms with Gasteiger partial charge in [-0.3, -0.25) is 18.6 Å². The molecule has 31 heavy (non-hydrogen) atoms. The summed E-state index contributed by atoms with van der Waals surface area (Å²) in [5.41, 5.74) is 0.841. The zero-order valence-electron chi connectivity index (χ0n) is 17.3. The van der Waals surface area contributed by atoms with Crippen LogP contribution in [0.1, 0.15) is 26.3 Å². The molecule has 0 aliphatic carbocycles. The van der Waals surface area contributed by atoms with Gasteiger partial charge in [0.15, 0.2) is 24.6 Å². The van der Waals surface area contributed by atoms with Crippen molar-refractivity contribution in [3.05, 3.63) is 29.8 Å². The summed E-state index contributed by atoms with van der Waals surface area (Å²) in [6.45, 7) is 4.28. The van der Waals surface area contributed by atoms with E-state index in [2.05, 4.69) is 0 Å². The van der Waals surface area contributed by atoms with E-state index < -0.39 is 65.3 Å². The molecule has 11 nitrogen and oxygen atoms in total. The molecule has 1 N–H and O–H groups in total. The number of hydrogen-bond acceptors (Lipinski definition) is 11. The fourth-order valence-electron chi connectivity index (χ4n) is 2.94. The lowest BCUT2D eigenvalue weighted by atomic mass is 9.98. The summed E-state index contributed by atoms with van der Waals surface area (Å²) in [7, 11) is -4.21. The Balaban J connectivity index is 2.29. The van der Waals surface area contributed by atoms with Crippen LogP contribution in [0.4, 0.5) is 0 Å². The smallest absolute Gasteiger partial charge is 0.303 e. The van der Waals surface area contributed by atoms with Crippen LogP contribution in [0, 0.1) is 6.92 Å². The standard InChI is InChI=1S/C19H24O11S/c1-10-5-7-14(8-6-10)31(24,25)26-9-15-16(27-11(2)20)17(28-12(3)21)18(19(23)30-15)29-13(4)22/h5-8,15-19,23H,9H2,1-4H3/t15-,16+,17-,18+,19-/m0/s1. The average Bonchev–Trinajstić information content (AvgIpc) is 2.65. The molecule has 1 saturated heterocycles. The Morgan fingerprint density at radius 1 is 0.903 bits per heavy atom. The second kappa shape index (κ2) is 10.2. The molecule has 2 rings (SSSR count). The molecule has 0 radical (unpaired) electrons. The van der Waals surface area contributed by atoms with Crippen molar-refractivity contribution in [2.45, 2.75) is 63.3 Å². The lowest BCUT2D eigenvalue weighted by Crippen LogP contribution is -2.62. The van der Waals surface area contributed by atoms with Crippen LogP contribution < -0.4 is 0 Å². The van der Waals surface area contributed by atoms with Gasteiger partial charge in [-0.05, 0) is 19.1 Å². The van der Waals surface area contributed by atoms with E-state index in [-0.39, 0.29) is 4.90 Å². The van der Waals surface area contributed by atoms with Crippen LogP contribution >= 0.6 is 0 Å². The number of benzene rings is 1. The molecule has 0 aromatic heterocycles. The van der Waals surface area contributed by atoms with E-state index in [1.165, 1.54) is 12.1 Å². The summed E-state index contributed by atoms with van der Waals surface area (Å²) in [4.78, 5) is 34.4. The van der Waals surface area contributed by atoms with Gasteiger partial charge in [0.2, 0.25) is 0 Å². The van der Waals surface area contributed by atoms with Crippen LogP contribution in [0.5, 0.6) is 0 Å². The van der Waals surface area contributed by atoms with Gasteiger partial charge < -0.3 is 24.1 Å². The predicted octanol–water partition coefficient (Wildman–Crippen LogP) is 0.213. The molecule has 1 aromatic carbocycles. The minimum Gasteiger partial charge on any atom is -0.456 e. The minimum atomic E-state index is -4.21. The first-order valence-electron chi connectivity index (χ1n) is 9.22. The second-order valence-electron chi connectivity index (χ2n) is 6.84. The van der Waals surface area contributed by atoms with Gasteiger partial charge in [-0.2, -0.15) is 8.42 Å². The number of ether oxygens (including phenoxy) is 4. The molecule has 1 aromatic rings. The van der Waals surface area contributed by atoms with Gasteiger partial charge in [0, 0.05) is 20.8 Å². The molecule has 5 atom stereocenters. The molecule has 0 spiro atoms. The summed E-state index contributed by atoms with van der Waals surface area (Å²) >= 11 is 0. The topological polar surface area (TPSA) is 152 Å². The van der Waals surface area contributed by atoms with Crippen molar-refractivity contribution in [1.29, 1.82) is 0 Å². The van der Waals surface area contributed by atoms with E-state index in [4.69, 9.17) is 23.1 Å². The molecule has 0 amide bonds. The highest BCUT2D eigenvalue weighted by Gasteiger charge is 2.51. The van der Waals surface area contributed by atoms with E-state index in [0.29, 0.717) is 0 Å². The van der Waals surface area contributed by atoms with Crippen molar-refractivity contribution in [2.24, 2.45) is 0 Å². The average molecular weight is 460 g/mol. The Labute approximate surface area is 179 Å². The first-order chi connectivity index (χ1) is 14.4. The molecular formula is C19H24O11S. The third-order valence-electron chi connectivity index (χ3n) is 4.21. The van der Waals surface area contributed by atoms with Crippen molar-refractivity contribution < 1.29 is 51.0 Å². The van der Waals surface area contributed by atoms with Crippen LogP contribution in [0.15, 0.2) is 29.2 Å². The lowest BCUT2D eigenvalue weighted by molar-refractivity contribution is -0.294. The lowest BCUT2D eigenvalue weighted by Gasteiger charge is -2.42. The monoisotopic (exact) mass is 460 g/mol. The van der Waals surface area contributed by atoms with E-state index in [1.54, 1.807) is 19.1 Å². The largest absolute Gasteiger partial charge is 0.456 e. The summed E-state index contributed by atoms with van der Waals surface area (Å²) in [6.07, 6.45) is -7.59. The predicted molar refractivity (Wildman–Crippen MR) is 102 cm³/mol. The highest BCUT2D eigenvalue weighted by Crippen LogP contribution is 2.29. The van der Waals surface area contributed by atoms with Crippen LogP contribution in [0.2, 0.25) is 0 Å². The third-order valence-corrected chi connectivity index (χ3v) is 5.51. The number of aliphatic hydroxyl groups is 1. The maximum atomic E-state index is 12.5. The van der Waals surface area contributed by atoms with Gasteiger partial charge in [0.05, 0.1) is 11.5 Å². The molecule has 1 heterocycles. The highest BCUT2D eigenvalue weighted by molar-refractivity contribution is 7.86. The van der Waals surface area contributed by atoms with Gasteiger partial charge in [0.1, 0.15) is 6.10 Å². The Hall–Kier alpha value is -2.54. The first-order valence-corrected chi connectivity index (χ1v) is 10.6. The van der Waals surface area contributed by atoms with Crippen LogP contribution in [0.25, 0.3) is 0 Å². The highest BCUT2D eigenvalue weighted by atomic mass is 32.2. The van der Waals surface area contributed by atoms with E-state index in [1.807, 2.05) is 0 Å². The number of carbonyl (C=O) groups excluding carboxylic acids is 3. The fourth-order valence-corrected chi connectivity index (χ4v) is 3.85. The van der Waals surface area contributed by atoms with Crippen molar-refractivity contribution in [2.75, 3.05) is 6.61 Å². The molecule has 1 aliphatic rings. The van der Waals surface area contributed by atoms with Crippen LogP contribution in [0.3, 0.4) is 0 Å². The fraction of sp³-hybridized carbons (Fsp3) is 0.526. The van der Waals surface area contributed by atoms with Gasteiger partial charge >= 0.3 is 17.9 Å². The van der Waals surface area contributed by atoms with Crippen LogP contribution in [-0.2, 0) is 47.6 Å². The molecule has 1 fully saturated rings. The van der Waals surface area contributed by atoms with Crippen molar-refractivity contribution in [3.63, 3.8) is 0 Å². The van der Waals surface area contributed by atoms with E-state index in [0.717, 1.165) is 26.3 Å². The molecule has 0 saturated carbocycles. The molecule has 1 aliphatic heterocycles. The number of rotatable bonds is 7. The number of hydrogen-bond donors (Lipinski definition) is 1. The normalized spacial score (nSPS) is 26.0. The molecule has 12 heteroatoms. The third kappa shape index (κ3) is 6.72. The zero-order chi connectivity index (χ0) is 23.3. The van der Waals surface area contributed by atoms with Crippen molar-refractivity contribution in [3.8, 4) is 0 Å². The Morgan fingerprint density at radius 3 is 1.90 bits per heavy atom. The molecule has 172 valence electrons. The Kier molecular flexibility index (Phi) is 8.12. The molecular weight excluding hydrogens is 436 g/mol. The second-order valence-corrected chi connectivity index (χ2v) is 8.45. The van der Waals surface area contributed by atoms with Crippen molar-refractivity contribution >= 4 is 28.0 Å². The van der Waals surface area contributed by atoms with Crippen LogP contribution in [-0.4, -0.2) is 68.7 Å². The Morgan fingerprint density at radius 2 is 1.39 bits per heavy atom. The van der Waals surface area contributed by atoms with E-state index >= 15 is 0 Å². The number of carbonyl (C=O) groups is 3. The summed E-state index contributed by atoms with van der Waals surface area (Å²) in [6, 6.07) is 5.87.